The molecule has 1 aliphatic rings. The zero-order valence-electron chi connectivity index (χ0n) is 15.9. The van der Waals surface area contributed by atoms with Gasteiger partial charge >= 0.3 is 6.03 Å². The van der Waals surface area contributed by atoms with Crippen LogP contribution in [0.4, 0.5) is 10.5 Å². The van der Waals surface area contributed by atoms with E-state index in [0.717, 1.165) is 32.7 Å². The quantitative estimate of drug-likeness (QED) is 0.820. The van der Waals surface area contributed by atoms with Crippen LogP contribution in [0.1, 0.15) is 20.8 Å². The van der Waals surface area contributed by atoms with Crippen molar-refractivity contribution in [2.45, 2.75) is 32.4 Å². The minimum atomic E-state index is -0.886. The molecule has 140 valence electrons. The van der Waals surface area contributed by atoms with E-state index in [4.69, 9.17) is 0 Å². The summed E-state index contributed by atoms with van der Waals surface area (Å²) < 4.78 is 0. The molecule has 0 spiro atoms. The van der Waals surface area contributed by atoms with Gasteiger partial charge in [-0.25, -0.2) is 4.79 Å². The fraction of sp³-hybridized carbons (Fsp3) is 0.632. The Labute approximate surface area is 151 Å². The first-order valence-corrected chi connectivity index (χ1v) is 9.01. The van der Waals surface area contributed by atoms with Crippen molar-refractivity contribution in [1.82, 2.24) is 15.1 Å². The average molecular weight is 348 g/mol. The Balaban J connectivity index is 1.73. The number of piperazine rings is 1. The summed E-state index contributed by atoms with van der Waals surface area (Å²) in [6.45, 7) is 10.6. The molecule has 0 saturated carbocycles. The highest BCUT2D eigenvalue weighted by Crippen LogP contribution is 2.15. The van der Waals surface area contributed by atoms with Gasteiger partial charge in [-0.2, -0.15) is 0 Å². The number of para-hydroxylation sites is 1. The van der Waals surface area contributed by atoms with Gasteiger partial charge in [0.1, 0.15) is 0 Å². The Morgan fingerprint density at radius 2 is 1.84 bits per heavy atom. The number of carbonyl (C=O) groups excluding carboxylic acids is 1. The SMILES string of the molecule is C[C@H](CN1CCN(c2ccccc2)CC1)NC(=O)N(C)CC(C)(C)O. The Kier molecular flexibility index (Phi) is 6.67. The van der Waals surface area contributed by atoms with Crippen LogP contribution >= 0.6 is 0 Å². The Bertz CT molecular complexity index is 536. The lowest BCUT2D eigenvalue weighted by molar-refractivity contribution is 0.0526. The molecule has 2 rings (SSSR count). The summed E-state index contributed by atoms with van der Waals surface area (Å²) in [5, 5.41) is 12.8. The Morgan fingerprint density at radius 1 is 1.24 bits per heavy atom. The average Bonchev–Trinajstić information content (AvgIpc) is 2.54. The van der Waals surface area contributed by atoms with Gasteiger partial charge in [0.2, 0.25) is 0 Å². The van der Waals surface area contributed by atoms with Crippen LogP contribution in [0.25, 0.3) is 0 Å². The molecule has 25 heavy (non-hydrogen) atoms. The first kappa shape index (κ1) is 19.5. The zero-order valence-corrected chi connectivity index (χ0v) is 15.9. The van der Waals surface area contributed by atoms with E-state index in [0.29, 0.717) is 6.54 Å². The Morgan fingerprint density at radius 3 is 2.40 bits per heavy atom. The second-order valence-corrected chi connectivity index (χ2v) is 7.64. The molecular formula is C19H32N4O2. The van der Waals surface area contributed by atoms with Crippen LogP contribution in [0.5, 0.6) is 0 Å². The number of anilines is 1. The van der Waals surface area contributed by atoms with E-state index in [-0.39, 0.29) is 12.1 Å². The number of hydrogen-bond donors (Lipinski definition) is 2. The number of hydrogen-bond acceptors (Lipinski definition) is 4. The molecule has 1 heterocycles. The van der Waals surface area contributed by atoms with E-state index in [1.807, 2.05) is 13.0 Å². The highest BCUT2D eigenvalue weighted by molar-refractivity contribution is 5.74. The molecule has 6 nitrogen and oxygen atoms in total. The largest absolute Gasteiger partial charge is 0.389 e. The summed E-state index contributed by atoms with van der Waals surface area (Å²) in [6.07, 6.45) is 0. The third kappa shape index (κ3) is 6.55. The summed E-state index contributed by atoms with van der Waals surface area (Å²) in [5.41, 5.74) is 0.389. The molecule has 0 radical (unpaired) electrons. The maximum Gasteiger partial charge on any atom is 0.317 e. The van der Waals surface area contributed by atoms with Gasteiger partial charge in [-0.3, -0.25) is 4.90 Å². The first-order chi connectivity index (χ1) is 11.7. The lowest BCUT2D eigenvalue weighted by Gasteiger charge is -2.37. The second-order valence-electron chi connectivity index (χ2n) is 7.64. The van der Waals surface area contributed by atoms with E-state index in [1.54, 1.807) is 20.9 Å². The van der Waals surface area contributed by atoms with E-state index < -0.39 is 5.60 Å². The minimum absolute atomic E-state index is 0.0695. The number of nitrogens with zero attached hydrogens (tertiary/aromatic N) is 3. The smallest absolute Gasteiger partial charge is 0.317 e. The summed E-state index contributed by atoms with van der Waals surface area (Å²) in [7, 11) is 1.71. The lowest BCUT2D eigenvalue weighted by Crippen LogP contribution is -2.53. The molecule has 1 aliphatic heterocycles. The topological polar surface area (TPSA) is 59.0 Å². The summed E-state index contributed by atoms with van der Waals surface area (Å²) >= 11 is 0. The van der Waals surface area contributed by atoms with Crippen LogP contribution in [-0.2, 0) is 0 Å². The van der Waals surface area contributed by atoms with Crippen LogP contribution in [0.2, 0.25) is 0 Å². The molecule has 0 aliphatic carbocycles. The van der Waals surface area contributed by atoms with Gasteiger partial charge in [-0.15, -0.1) is 0 Å². The second kappa shape index (κ2) is 8.54. The van der Waals surface area contributed by atoms with Gasteiger partial charge in [0.25, 0.3) is 0 Å². The van der Waals surface area contributed by atoms with Crippen molar-refractivity contribution in [3.63, 3.8) is 0 Å². The predicted octanol–water partition coefficient (Wildman–Crippen LogP) is 1.61. The van der Waals surface area contributed by atoms with Crippen molar-refractivity contribution in [1.29, 1.82) is 0 Å². The molecule has 2 N–H and O–H groups in total. The molecule has 1 aromatic rings. The van der Waals surface area contributed by atoms with Crippen molar-refractivity contribution >= 4 is 11.7 Å². The molecule has 0 bridgehead atoms. The standard InChI is InChI=1S/C19H32N4O2/c1-16(20-18(24)21(4)15-19(2,3)25)14-22-10-12-23(13-11-22)17-8-6-5-7-9-17/h5-9,16,25H,10-15H2,1-4H3,(H,20,24)/t16-/m1/s1. The monoisotopic (exact) mass is 348 g/mol. The van der Waals surface area contributed by atoms with Gasteiger partial charge in [0.05, 0.1) is 12.1 Å². The zero-order chi connectivity index (χ0) is 18.4. The molecular weight excluding hydrogens is 316 g/mol. The lowest BCUT2D eigenvalue weighted by atomic mass is 10.1. The first-order valence-electron chi connectivity index (χ1n) is 9.01. The normalized spacial score (nSPS) is 17.2. The number of aliphatic hydroxyl groups is 1. The predicted molar refractivity (Wildman–Crippen MR) is 102 cm³/mol. The fourth-order valence-electron chi connectivity index (χ4n) is 3.23. The highest BCUT2D eigenvalue weighted by atomic mass is 16.3. The molecule has 0 aromatic heterocycles. The van der Waals surface area contributed by atoms with E-state index in [9.17, 15) is 9.90 Å². The molecule has 1 saturated heterocycles. The number of nitrogens with one attached hydrogen (secondary N) is 1. The third-order valence-electron chi connectivity index (χ3n) is 4.37. The van der Waals surface area contributed by atoms with Crippen LogP contribution in [0.3, 0.4) is 0 Å². The molecule has 1 aromatic carbocycles. The summed E-state index contributed by atoms with van der Waals surface area (Å²) in [5.74, 6) is 0. The maximum absolute atomic E-state index is 12.2. The van der Waals surface area contributed by atoms with Crippen LogP contribution in [0, 0.1) is 0 Å². The Hall–Kier alpha value is -1.79. The van der Waals surface area contributed by atoms with Crippen molar-refractivity contribution < 1.29 is 9.90 Å². The fourth-order valence-corrected chi connectivity index (χ4v) is 3.23. The van der Waals surface area contributed by atoms with Crippen molar-refractivity contribution in [2.24, 2.45) is 0 Å². The van der Waals surface area contributed by atoms with Gasteiger partial charge < -0.3 is 20.2 Å². The van der Waals surface area contributed by atoms with Crippen molar-refractivity contribution in [3.05, 3.63) is 30.3 Å². The van der Waals surface area contributed by atoms with Crippen molar-refractivity contribution in [3.8, 4) is 0 Å². The van der Waals surface area contributed by atoms with E-state index in [2.05, 4.69) is 39.4 Å². The van der Waals surface area contributed by atoms with Crippen LogP contribution < -0.4 is 10.2 Å². The molecule has 1 atom stereocenters. The van der Waals surface area contributed by atoms with Crippen LogP contribution in [-0.4, -0.2) is 78.9 Å². The molecule has 2 amide bonds. The number of urea groups is 1. The van der Waals surface area contributed by atoms with Gasteiger partial charge in [-0.05, 0) is 32.9 Å². The van der Waals surface area contributed by atoms with Crippen molar-refractivity contribution in [2.75, 3.05) is 51.2 Å². The summed E-state index contributed by atoms with van der Waals surface area (Å²) in [6, 6.07) is 10.4. The number of benzene rings is 1. The van der Waals surface area contributed by atoms with Gasteiger partial charge in [0, 0.05) is 51.5 Å². The minimum Gasteiger partial charge on any atom is -0.389 e. The number of amides is 2. The number of rotatable bonds is 6. The highest BCUT2D eigenvalue weighted by Gasteiger charge is 2.22. The number of likely N-dealkylation sites (N-methyl/N-ethyl adjacent to an activating group) is 1. The number of carbonyl (C=O) groups is 1. The molecule has 6 heteroatoms. The maximum atomic E-state index is 12.2. The van der Waals surface area contributed by atoms with Gasteiger partial charge in [-0.1, -0.05) is 18.2 Å². The van der Waals surface area contributed by atoms with Gasteiger partial charge in [0.15, 0.2) is 0 Å². The van der Waals surface area contributed by atoms with E-state index in [1.165, 1.54) is 10.6 Å². The molecule has 1 fully saturated rings. The van der Waals surface area contributed by atoms with Crippen LogP contribution in [0.15, 0.2) is 30.3 Å². The molecule has 0 unspecified atom stereocenters. The third-order valence-corrected chi connectivity index (χ3v) is 4.37. The van der Waals surface area contributed by atoms with E-state index >= 15 is 0 Å². The summed E-state index contributed by atoms with van der Waals surface area (Å²) in [4.78, 5) is 18.5.